The number of nitrogens with zero attached hydrogens (tertiary/aromatic N) is 1. The molecule has 0 bridgehead atoms. The Hall–Kier alpha value is -0.310. The van der Waals surface area contributed by atoms with Crippen LogP contribution < -0.4 is 0 Å². The molecule has 1 aromatic carbocycles. The lowest BCUT2D eigenvalue weighted by molar-refractivity contribution is 1.50. The highest BCUT2D eigenvalue weighted by molar-refractivity contribution is 7.17. The Balaban J connectivity index is 2.93. The first-order valence-corrected chi connectivity index (χ1v) is 4.60. The molecular formula is C7H3Cl2NS. The number of aromatic nitrogens is 1. The van der Waals surface area contributed by atoms with Crippen LogP contribution >= 0.6 is 34.5 Å². The zero-order chi connectivity index (χ0) is 7.84. The summed E-state index contributed by atoms with van der Waals surface area (Å²) in [5.74, 6) is 0. The number of benzene rings is 1. The highest BCUT2D eigenvalue weighted by atomic mass is 35.5. The molecule has 0 saturated heterocycles. The van der Waals surface area contributed by atoms with Gasteiger partial charge >= 0.3 is 0 Å². The molecule has 0 unspecified atom stereocenters. The van der Waals surface area contributed by atoms with E-state index in [-0.39, 0.29) is 0 Å². The number of rotatable bonds is 0. The molecule has 0 atom stereocenters. The number of thiazole rings is 1. The average Bonchev–Trinajstić information content (AvgIpc) is 2.45. The van der Waals surface area contributed by atoms with Crippen LogP contribution in [0.2, 0.25) is 10.0 Å². The van der Waals surface area contributed by atoms with Crippen molar-refractivity contribution >= 4 is 44.8 Å². The van der Waals surface area contributed by atoms with Gasteiger partial charge in [0.05, 0.1) is 25.8 Å². The third-order valence-corrected chi connectivity index (χ3v) is 3.17. The highest BCUT2D eigenvalue weighted by Gasteiger charge is 2.04. The van der Waals surface area contributed by atoms with E-state index in [0.717, 1.165) is 10.2 Å². The van der Waals surface area contributed by atoms with Crippen LogP contribution in [-0.4, -0.2) is 4.98 Å². The number of hydrogen-bond donors (Lipinski definition) is 0. The maximum atomic E-state index is 5.91. The summed E-state index contributed by atoms with van der Waals surface area (Å²) in [5.41, 5.74) is 2.66. The Morgan fingerprint density at radius 2 is 2.09 bits per heavy atom. The summed E-state index contributed by atoms with van der Waals surface area (Å²) in [6, 6.07) is 3.62. The second-order valence-corrected chi connectivity index (χ2v) is 3.70. The first-order chi connectivity index (χ1) is 5.29. The Morgan fingerprint density at radius 1 is 1.27 bits per heavy atom. The van der Waals surface area contributed by atoms with Crippen LogP contribution in [0.5, 0.6) is 0 Å². The summed E-state index contributed by atoms with van der Waals surface area (Å²) in [4.78, 5) is 4.10. The molecule has 0 radical (unpaired) electrons. The number of hydrogen-bond acceptors (Lipinski definition) is 2. The van der Waals surface area contributed by atoms with Crippen LogP contribution in [0.4, 0.5) is 0 Å². The van der Waals surface area contributed by atoms with Gasteiger partial charge in [-0.1, -0.05) is 23.2 Å². The third-order valence-electron chi connectivity index (χ3n) is 1.39. The van der Waals surface area contributed by atoms with E-state index < -0.39 is 0 Å². The minimum Gasteiger partial charge on any atom is -0.245 e. The SMILES string of the molecule is Clc1ccc2ncsc2c1Cl. The molecule has 0 aliphatic rings. The monoisotopic (exact) mass is 203 g/mol. The summed E-state index contributed by atoms with van der Waals surface area (Å²) in [5, 5.41) is 1.19. The van der Waals surface area contributed by atoms with Crippen molar-refractivity contribution in [2.45, 2.75) is 0 Å². The first kappa shape index (κ1) is 7.35. The van der Waals surface area contributed by atoms with Crippen molar-refractivity contribution in [2.75, 3.05) is 0 Å². The smallest absolute Gasteiger partial charge is 0.0828 e. The summed E-state index contributed by atoms with van der Waals surface area (Å²) < 4.78 is 0.958. The van der Waals surface area contributed by atoms with E-state index in [1.807, 2.05) is 6.07 Å². The molecule has 1 heterocycles. The van der Waals surface area contributed by atoms with Crippen LogP contribution in [0.1, 0.15) is 0 Å². The molecule has 11 heavy (non-hydrogen) atoms. The fourth-order valence-electron chi connectivity index (χ4n) is 0.871. The number of halogens is 2. The van der Waals surface area contributed by atoms with Gasteiger partial charge in [-0.15, -0.1) is 11.3 Å². The van der Waals surface area contributed by atoms with Crippen molar-refractivity contribution in [3.63, 3.8) is 0 Å². The molecule has 56 valence electrons. The number of fused-ring (bicyclic) bond motifs is 1. The summed E-state index contributed by atoms with van der Waals surface area (Å²) in [6.07, 6.45) is 0. The highest BCUT2D eigenvalue weighted by Crippen LogP contribution is 2.32. The van der Waals surface area contributed by atoms with Crippen LogP contribution in [-0.2, 0) is 0 Å². The Kier molecular flexibility index (Phi) is 1.75. The van der Waals surface area contributed by atoms with E-state index in [1.54, 1.807) is 11.6 Å². The average molecular weight is 204 g/mol. The molecule has 0 aliphatic carbocycles. The van der Waals surface area contributed by atoms with Gasteiger partial charge in [-0.2, -0.15) is 0 Å². The van der Waals surface area contributed by atoms with Crippen molar-refractivity contribution in [1.29, 1.82) is 0 Å². The van der Waals surface area contributed by atoms with Gasteiger partial charge in [0.15, 0.2) is 0 Å². The zero-order valence-electron chi connectivity index (χ0n) is 5.34. The quantitative estimate of drug-likeness (QED) is 0.638. The van der Waals surface area contributed by atoms with Crippen molar-refractivity contribution in [3.8, 4) is 0 Å². The normalized spacial score (nSPS) is 10.7. The van der Waals surface area contributed by atoms with E-state index >= 15 is 0 Å². The second kappa shape index (κ2) is 2.63. The van der Waals surface area contributed by atoms with Gasteiger partial charge in [0.1, 0.15) is 0 Å². The molecule has 0 fully saturated rings. The summed E-state index contributed by atoms with van der Waals surface area (Å²) in [6.45, 7) is 0. The molecule has 4 heteroatoms. The Labute approximate surface area is 77.6 Å². The van der Waals surface area contributed by atoms with Gasteiger partial charge in [-0.05, 0) is 12.1 Å². The van der Waals surface area contributed by atoms with Crippen LogP contribution in [0.25, 0.3) is 10.2 Å². The van der Waals surface area contributed by atoms with E-state index in [9.17, 15) is 0 Å². The van der Waals surface area contributed by atoms with Gasteiger partial charge in [-0.3, -0.25) is 0 Å². The second-order valence-electron chi connectivity index (χ2n) is 2.06. The lowest BCUT2D eigenvalue weighted by atomic mass is 10.3. The Morgan fingerprint density at radius 3 is 2.91 bits per heavy atom. The van der Waals surface area contributed by atoms with Crippen molar-refractivity contribution in [2.24, 2.45) is 0 Å². The lowest BCUT2D eigenvalue weighted by Crippen LogP contribution is -1.69. The van der Waals surface area contributed by atoms with Crippen LogP contribution in [0.3, 0.4) is 0 Å². The fourth-order valence-corrected chi connectivity index (χ4v) is 2.10. The fraction of sp³-hybridized carbons (Fsp3) is 0. The van der Waals surface area contributed by atoms with E-state index in [2.05, 4.69) is 4.98 Å². The van der Waals surface area contributed by atoms with Gasteiger partial charge < -0.3 is 0 Å². The molecule has 0 N–H and O–H groups in total. The molecule has 2 rings (SSSR count). The van der Waals surface area contributed by atoms with Gasteiger partial charge in [0.2, 0.25) is 0 Å². The minimum atomic E-state index is 0.586. The van der Waals surface area contributed by atoms with Crippen molar-refractivity contribution in [3.05, 3.63) is 27.7 Å². The molecular weight excluding hydrogens is 201 g/mol. The molecule has 0 aliphatic heterocycles. The topological polar surface area (TPSA) is 12.9 Å². The molecule has 1 aromatic heterocycles. The molecule has 0 spiro atoms. The predicted molar refractivity (Wildman–Crippen MR) is 49.6 cm³/mol. The van der Waals surface area contributed by atoms with Crippen molar-refractivity contribution in [1.82, 2.24) is 4.98 Å². The molecule has 2 aromatic rings. The van der Waals surface area contributed by atoms with Gasteiger partial charge in [0.25, 0.3) is 0 Å². The summed E-state index contributed by atoms with van der Waals surface area (Å²) >= 11 is 13.2. The predicted octanol–water partition coefficient (Wildman–Crippen LogP) is 3.60. The maximum Gasteiger partial charge on any atom is 0.0828 e. The van der Waals surface area contributed by atoms with E-state index in [0.29, 0.717) is 10.0 Å². The van der Waals surface area contributed by atoms with E-state index in [4.69, 9.17) is 23.2 Å². The van der Waals surface area contributed by atoms with E-state index in [1.165, 1.54) is 11.3 Å². The summed E-state index contributed by atoms with van der Waals surface area (Å²) in [7, 11) is 0. The lowest BCUT2D eigenvalue weighted by Gasteiger charge is -1.93. The molecule has 0 amide bonds. The zero-order valence-corrected chi connectivity index (χ0v) is 7.67. The maximum absolute atomic E-state index is 5.91. The first-order valence-electron chi connectivity index (χ1n) is 2.96. The van der Waals surface area contributed by atoms with Crippen molar-refractivity contribution < 1.29 is 0 Å². The van der Waals surface area contributed by atoms with Crippen LogP contribution in [0.15, 0.2) is 17.6 Å². The largest absolute Gasteiger partial charge is 0.245 e. The molecule has 1 nitrogen and oxygen atoms in total. The third kappa shape index (κ3) is 1.11. The minimum absolute atomic E-state index is 0.586. The Bertz CT molecular complexity index is 396. The standard InChI is InChI=1S/C7H3Cl2NS/c8-4-1-2-5-7(6(4)9)11-3-10-5/h1-3H. The molecule has 0 saturated carbocycles. The van der Waals surface area contributed by atoms with Crippen LogP contribution in [0, 0.1) is 0 Å². The van der Waals surface area contributed by atoms with Gasteiger partial charge in [-0.25, -0.2) is 4.98 Å². The van der Waals surface area contributed by atoms with Gasteiger partial charge in [0, 0.05) is 0 Å².